The summed E-state index contributed by atoms with van der Waals surface area (Å²) in [6.45, 7) is 2.26. The van der Waals surface area contributed by atoms with Crippen molar-refractivity contribution in [1.82, 2.24) is 15.0 Å². The lowest BCUT2D eigenvalue weighted by molar-refractivity contribution is 0.578. The zero-order valence-electron chi connectivity index (χ0n) is 11.4. The molecule has 110 valence electrons. The summed E-state index contributed by atoms with van der Waals surface area (Å²) in [6.07, 6.45) is 3.86. The Kier molecular flexibility index (Phi) is 4.41. The maximum atomic E-state index is 5.75. The summed E-state index contributed by atoms with van der Waals surface area (Å²) in [5.74, 6) is 0.339. The molecule has 0 amide bonds. The molecule has 0 saturated carbocycles. The van der Waals surface area contributed by atoms with Crippen molar-refractivity contribution in [2.45, 2.75) is 19.3 Å². The standard InChI is InChI=1S/C14H15Cl2N5/c15-12-18-13(16)20-14(19-12)17-10-4-6-11(7-5-10)21-8-2-1-3-9-21/h4-7H,1-3,8-9H2,(H,17,18,19,20). The van der Waals surface area contributed by atoms with E-state index in [1.54, 1.807) is 0 Å². The normalized spacial score (nSPS) is 15.0. The topological polar surface area (TPSA) is 53.9 Å². The fraction of sp³-hybridized carbons (Fsp3) is 0.357. The van der Waals surface area contributed by atoms with Crippen LogP contribution in [0.3, 0.4) is 0 Å². The van der Waals surface area contributed by atoms with Crippen LogP contribution in [-0.2, 0) is 0 Å². The molecule has 0 radical (unpaired) electrons. The summed E-state index contributed by atoms with van der Waals surface area (Å²) >= 11 is 11.5. The highest BCUT2D eigenvalue weighted by atomic mass is 35.5. The predicted octanol–water partition coefficient (Wildman–Crippen LogP) is 3.91. The summed E-state index contributed by atoms with van der Waals surface area (Å²) in [6, 6.07) is 8.18. The first-order valence-corrected chi connectivity index (χ1v) is 7.65. The van der Waals surface area contributed by atoms with Crippen LogP contribution in [0.4, 0.5) is 17.3 Å². The van der Waals surface area contributed by atoms with Crippen LogP contribution in [0.15, 0.2) is 24.3 Å². The third-order valence-corrected chi connectivity index (χ3v) is 3.76. The second-order valence-electron chi connectivity index (χ2n) is 4.92. The van der Waals surface area contributed by atoms with Crippen molar-refractivity contribution in [3.05, 3.63) is 34.8 Å². The van der Waals surface area contributed by atoms with Gasteiger partial charge in [0.1, 0.15) is 0 Å². The second-order valence-corrected chi connectivity index (χ2v) is 5.59. The van der Waals surface area contributed by atoms with Crippen LogP contribution in [0, 0.1) is 0 Å². The number of benzene rings is 1. The minimum atomic E-state index is 0.0717. The van der Waals surface area contributed by atoms with Gasteiger partial charge in [0.05, 0.1) is 0 Å². The number of anilines is 3. The third kappa shape index (κ3) is 3.74. The predicted molar refractivity (Wildman–Crippen MR) is 85.6 cm³/mol. The van der Waals surface area contributed by atoms with E-state index in [0.29, 0.717) is 5.95 Å². The number of rotatable bonds is 3. The van der Waals surface area contributed by atoms with E-state index in [1.807, 2.05) is 12.1 Å². The molecule has 1 saturated heterocycles. The van der Waals surface area contributed by atoms with E-state index >= 15 is 0 Å². The molecule has 0 bridgehead atoms. The van der Waals surface area contributed by atoms with Crippen LogP contribution >= 0.6 is 23.2 Å². The molecule has 2 aromatic rings. The van der Waals surface area contributed by atoms with Crippen molar-refractivity contribution in [3.8, 4) is 0 Å². The lowest BCUT2D eigenvalue weighted by Crippen LogP contribution is -2.29. The lowest BCUT2D eigenvalue weighted by Gasteiger charge is -2.28. The van der Waals surface area contributed by atoms with Gasteiger partial charge in [-0.05, 0) is 66.7 Å². The Hall–Kier alpha value is -1.59. The van der Waals surface area contributed by atoms with Crippen LogP contribution in [0.2, 0.25) is 10.6 Å². The van der Waals surface area contributed by atoms with Crippen molar-refractivity contribution in [2.24, 2.45) is 0 Å². The first-order chi connectivity index (χ1) is 10.2. The number of hydrogen-bond acceptors (Lipinski definition) is 5. The van der Waals surface area contributed by atoms with Crippen molar-refractivity contribution < 1.29 is 0 Å². The van der Waals surface area contributed by atoms with Gasteiger partial charge in [-0.3, -0.25) is 0 Å². The number of nitrogens with zero attached hydrogens (tertiary/aromatic N) is 4. The highest BCUT2D eigenvalue weighted by molar-refractivity contribution is 6.31. The minimum Gasteiger partial charge on any atom is -0.372 e. The summed E-state index contributed by atoms with van der Waals surface area (Å²) in [5.41, 5.74) is 2.13. The van der Waals surface area contributed by atoms with Crippen LogP contribution in [0.25, 0.3) is 0 Å². The smallest absolute Gasteiger partial charge is 0.232 e. The minimum absolute atomic E-state index is 0.0717. The largest absolute Gasteiger partial charge is 0.372 e. The second kappa shape index (κ2) is 6.45. The van der Waals surface area contributed by atoms with Crippen molar-refractivity contribution in [2.75, 3.05) is 23.3 Å². The highest BCUT2D eigenvalue weighted by Crippen LogP contribution is 2.23. The third-order valence-electron chi connectivity index (χ3n) is 3.43. The van der Waals surface area contributed by atoms with Gasteiger partial charge in [-0.25, -0.2) is 0 Å². The number of piperidine rings is 1. The van der Waals surface area contributed by atoms with E-state index < -0.39 is 0 Å². The Morgan fingerprint density at radius 2 is 1.48 bits per heavy atom. The average molecular weight is 324 g/mol. The Morgan fingerprint density at radius 3 is 2.10 bits per heavy atom. The molecule has 1 N–H and O–H groups in total. The zero-order valence-corrected chi connectivity index (χ0v) is 12.9. The SMILES string of the molecule is Clc1nc(Cl)nc(Nc2ccc(N3CCCCC3)cc2)n1. The molecule has 0 unspecified atom stereocenters. The fourth-order valence-corrected chi connectivity index (χ4v) is 2.78. The van der Waals surface area contributed by atoms with Gasteiger partial charge < -0.3 is 10.2 Å². The molecule has 0 spiro atoms. The average Bonchev–Trinajstić information content (AvgIpc) is 2.48. The maximum Gasteiger partial charge on any atom is 0.232 e. The monoisotopic (exact) mass is 323 g/mol. The molecule has 1 aliphatic rings. The molecule has 5 nitrogen and oxygen atoms in total. The van der Waals surface area contributed by atoms with E-state index in [1.165, 1.54) is 24.9 Å². The first kappa shape index (κ1) is 14.4. The summed E-state index contributed by atoms with van der Waals surface area (Å²) < 4.78 is 0. The van der Waals surface area contributed by atoms with Crippen LogP contribution in [0.5, 0.6) is 0 Å². The first-order valence-electron chi connectivity index (χ1n) is 6.90. The number of nitrogens with one attached hydrogen (secondary N) is 1. The summed E-state index contributed by atoms with van der Waals surface area (Å²) in [5, 5.41) is 3.21. The summed E-state index contributed by atoms with van der Waals surface area (Å²) in [7, 11) is 0. The molecule has 0 aliphatic carbocycles. The molecule has 1 fully saturated rings. The van der Waals surface area contributed by atoms with E-state index in [-0.39, 0.29) is 10.6 Å². The summed E-state index contributed by atoms with van der Waals surface area (Å²) in [4.78, 5) is 14.1. The van der Waals surface area contributed by atoms with E-state index in [2.05, 4.69) is 37.3 Å². The van der Waals surface area contributed by atoms with Crippen molar-refractivity contribution in [3.63, 3.8) is 0 Å². The molecule has 2 heterocycles. The highest BCUT2D eigenvalue weighted by Gasteiger charge is 2.10. The Labute approximate surface area is 133 Å². The zero-order chi connectivity index (χ0) is 14.7. The molecular formula is C14H15Cl2N5. The molecule has 1 aromatic carbocycles. The molecule has 21 heavy (non-hydrogen) atoms. The molecule has 1 aliphatic heterocycles. The maximum absolute atomic E-state index is 5.75. The van der Waals surface area contributed by atoms with Gasteiger partial charge in [-0.1, -0.05) is 0 Å². The molecule has 0 atom stereocenters. The number of aromatic nitrogens is 3. The van der Waals surface area contributed by atoms with E-state index in [4.69, 9.17) is 23.2 Å². The van der Waals surface area contributed by atoms with Gasteiger partial charge >= 0.3 is 0 Å². The van der Waals surface area contributed by atoms with Gasteiger partial charge in [0.25, 0.3) is 0 Å². The quantitative estimate of drug-likeness (QED) is 0.927. The van der Waals surface area contributed by atoms with E-state index in [0.717, 1.165) is 18.8 Å². The number of hydrogen-bond donors (Lipinski definition) is 1. The van der Waals surface area contributed by atoms with Crippen LogP contribution < -0.4 is 10.2 Å². The number of halogens is 2. The van der Waals surface area contributed by atoms with Gasteiger partial charge in [0.2, 0.25) is 16.5 Å². The van der Waals surface area contributed by atoms with Crippen LogP contribution in [0.1, 0.15) is 19.3 Å². The van der Waals surface area contributed by atoms with Gasteiger partial charge in [0.15, 0.2) is 0 Å². The Morgan fingerprint density at radius 1 is 0.857 bits per heavy atom. The van der Waals surface area contributed by atoms with Gasteiger partial charge in [-0.15, -0.1) is 0 Å². The van der Waals surface area contributed by atoms with Crippen molar-refractivity contribution >= 4 is 40.5 Å². The van der Waals surface area contributed by atoms with Gasteiger partial charge in [0, 0.05) is 24.5 Å². The van der Waals surface area contributed by atoms with E-state index in [9.17, 15) is 0 Å². The fourth-order valence-electron chi connectivity index (χ4n) is 2.42. The molecule has 7 heteroatoms. The molecular weight excluding hydrogens is 309 g/mol. The Bertz CT molecular complexity index is 591. The molecule has 1 aromatic heterocycles. The van der Waals surface area contributed by atoms with Crippen LogP contribution in [-0.4, -0.2) is 28.0 Å². The molecule has 3 rings (SSSR count). The lowest BCUT2D eigenvalue weighted by atomic mass is 10.1. The van der Waals surface area contributed by atoms with Crippen molar-refractivity contribution in [1.29, 1.82) is 0 Å². The van der Waals surface area contributed by atoms with Gasteiger partial charge in [-0.2, -0.15) is 15.0 Å². The Balaban J connectivity index is 1.71.